The number of aryl methyl sites for hydroxylation is 1. The lowest BCUT2D eigenvalue weighted by Crippen LogP contribution is -2.52. The minimum Gasteiger partial charge on any atom is -0.497 e. The van der Waals surface area contributed by atoms with Crippen LogP contribution in [0.2, 0.25) is 0 Å². The second-order valence-corrected chi connectivity index (χ2v) is 9.73. The zero-order chi connectivity index (χ0) is 27.7. The summed E-state index contributed by atoms with van der Waals surface area (Å²) in [5.74, 6) is 0.982. The van der Waals surface area contributed by atoms with E-state index in [0.717, 1.165) is 22.2 Å². The molecule has 0 spiro atoms. The average Bonchev–Trinajstić information content (AvgIpc) is 3.26. The van der Waals surface area contributed by atoms with Crippen molar-refractivity contribution in [2.45, 2.75) is 31.5 Å². The monoisotopic (exact) mass is 536 g/mol. The highest BCUT2D eigenvalue weighted by molar-refractivity contribution is 6.09. The number of urea groups is 1. The summed E-state index contributed by atoms with van der Waals surface area (Å²) in [4.78, 5) is 41.7. The van der Waals surface area contributed by atoms with E-state index in [2.05, 4.69) is 10.4 Å². The van der Waals surface area contributed by atoms with Crippen molar-refractivity contribution in [3.05, 3.63) is 48.0 Å². The highest BCUT2D eigenvalue weighted by Gasteiger charge is 2.35. The number of carboxylic acid groups (broad SMARTS) is 1. The summed E-state index contributed by atoms with van der Waals surface area (Å²) in [5.41, 5.74) is 2.48. The van der Waals surface area contributed by atoms with Gasteiger partial charge >= 0.3 is 12.1 Å². The maximum Gasteiger partial charge on any atom is 0.407 e. The number of imide groups is 1. The molecule has 3 heterocycles. The molecule has 0 bridgehead atoms. The molecular weight excluding hydrogens is 504 g/mol. The molecule has 2 fully saturated rings. The summed E-state index contributed by atoms with van der Waals surface area (Å²) in [6.07, 6.45) is -0.420. The van der Waals surface area contributed by atoms with Crippen LogP contribution in [-0.2, 0) is 23.1 Å². The van der Waals surface area contributed by atoms with Crippen LogP contribution < -0.4 is 15.0 Å². The van der Waals surface area contributed by atoms with E-state index < -0.39 is 12.1 Å². The Kier molecular flexibility index (Phi) is 7.29. The quantitative estimate of drug-likeness (QED) is 0.471. The van der Waals surface area contributed by atoms with Gasteiger partial charge in [-0.25, -0.2) is 9.59 Å². The SMILES string of the molecule is COc1ccc(CN2C(=O)CCN(c3nn(C)c4cc(N[C@@H]5CCN(C(=O)O)C[C@H]5OC)ccc34)C2=O)cc1. The van der Waals surface area contributed by atoms with E-state index in [0.29, 0.717) is 31.1 Å². The summed E-state index contributed by atoms with van der Waals surface area (Å²) in [6.45, 7) is 1.14. The Morgan fingerprint density at radius 3 is 2.59 bits per heavy atom. The minimum absolute atomic E-state index is 0.0584. The van der Waals surface area contributed by atoms with Crippen LogP contribution >= 0.6 is 0 Å². The molecule has 39 heavy (non-hydrogen) atoms. The molecular formula is C27H32N6O6. The first-order chi connectivity index (χ1) is 18.8. The molecule has 2 aliphatic rings. The number of amides is 4. The van der Waals surface area contributed by atoms with Crippen molar-refractivity contribution in [3.8, 4) is 5.75 Å². The van der Waals surface area contributed by atoms with Gasteiger partial charge in [-0.3, -0.25) is 19.3 Å². The third kappa shape index (κ3) is 5.19. The Bertz CT molecular complexity index is 1390. The van der Waals surface area contributed by atoms with Crippen LogP contribution in [0, 0.1) is 0 Å². The standard InChI is InChI=1S/C27H32N6O6/c1-30-22-14-18(28-21-10-12-31(27(36)37)16-23(21)39-3)6-9-20(22)25(29-30)32-13-11-24(34)33(26(32)35)15-17-4-7-19(38-2)8-5-17/h4-9,14,21,23,28H,10-13,15-16H2,1-3H3,(H,36,37)/t21-,23-/m1/s1. The van der Waals surface area contributed by atoms with Gasteiger partial charge in [0.2, 0.25) is 5.91 Å². The van der Waals surface area contributed by atoms with E-state index in [9.17, 15) is 19.5 Å². The second kappa shape index (κ2) is 10.8. The van der Waals surface area contributed by atoms with Gasteiger partial charge in [0.15, 0.2) is 5.82 Å². The fraction of sp³-hybridized carbons (Fsp3) is 0.407. The number of fused-ring (bicyclic) bond motifs is 1. The number of piperidine rings is 1. The van der Waals surface area contributed by atoms with E-state index in [1.165, 1.54) is 9.80 Å². The van der Waals surface area contributed by atoms with Gasteiger partial charge in [0.25, 0.3) is 0 Å². The fourth-order valence-corrected chi connectivity index (χ4v) is 5.19. The van der Waals surface area contributed by atoms with Gasteiger partial charge in [0.05, 0.1) is 37.9 Å². The summed E-state index contributed by atoms with van der Waals surface area (Å²) >= 11 is 0. The third-order valence-corrected chi connectivity index (χ3v) is 7.38. The summed E-state index contributed by atoms with van der Waals surface area (Å²) in [6, 6.07) is 12.6. The molecule has 12 heteroatoms. The minimum atomic E-state index is -0.948. The number of hydrogen-bond acceptors (Lipinski definition) is 7. The number of methoxy groups -OCH3 is 2. The molecule has 1 aromatic heterocycles. The smallest absolute Gasteiger partial charge is 0.407 e. The Balaban J connectivity index is 1.35. The van der Waals surface area contributed by atoms with Gasteiger partial charge in [0.1, 0.15) is 5.75 Å². The largest absolute Gasteiger partial charge is 0.497 e. The molecule has 3 aromatic rings. The van der Waals surface area contributed by atoms with E-state index in [-0.39, 0.29) is 37.6 Å². The van der Waals surface area contributed by atoms with Crippen LogP contribution in [-0.4, -0.2) is 88.7 Å². The average molecular weight is 537 g/mol. The number of benzene rings is 2. The van der Waals surface area contributed by atoms with E-state index >= 15 is 0 Å². The van der Waals surface area contributed by atoms with Crippen LogP contribution in [0.3, 0.4) is 0 Å². The first kappa shape index (κ1) is 26.3. The summed E-state index contributed by atoms with van der Waals surface area (Å²) in [7, 11) is 4.98. The molecule has 2 aromatic carbocycles. The highest BCUT2D eigenvalue weighted by atomic mass is 16.5. The van der Waals surface area contributed by atoms with Crippen LogP contribution in [0.5, 0.6) is 5.75 Å². The van der Waals surface area contributed by atoms with Gasteiger partial charge in [-0.15, -0.1) is 0 Å². The number of carbonyl (C=O) groups excluding carboxylic acids is 2. The molecule has 0 unspecified atom stereocenters. The van der Waals surface area contributed by atoms with Gasteiger partial charge < -0.3 is 24.8 Å². The third-order valence-electron chi connectivity index (χ3n) is 7.38. The van der Waals surface area contributed by atoms with Crippen molar-refractivity contribution in [3.63, 3.8) is 0 Å². The molecule has 12 nitrogen and oxygen atoms in total. The lowest BCUT2D eigenvalue weighted by Gasteiger charge is -2.37. The van der Waals surface area contributed by atoms with Gasteiger partial charge in [-0.05, 0) is 42.3 Å². The summed E-state index contributed by atoms with van der Waals surface area (Å²) < 4.78 is 12.5. The van der Waals surface area contributed by atoms with Gasteiger partial charge in [-0.1, -0.05) is 12.1 Å². The number of likely N-dealkylation sites (tertiary alicyclic amines) is 1. The molecule has 2 aliphatic heterocycles. The zero-order valence-corrected chi connectivity index (χ0v) is 22.2. The number of aromatic nitrogens is 2. The van der Waals surface area contributed by atoms with Crippen molar-refractivity contribution >= 4 is 40.4 Å². The number of carbonyl (C=O) groups is 3. The van der Waals surface area contributed by atoms with Crippen LogP contribution in [0.25, 0.3) is 10.9 Å². The number of nitrogens with one attached hydrogen (secondary N) is 1. The number of hydrogen-bond donors (Lipinski definition) is 2. The molecule has 0 radical (unpaired) electrons. The molecule has 206 valence electrons. The summed E-state index contributed by atoms with van der Waals surface area (Å²) in [5, 5.41) is 18.2. The molecule has 0 aliphatic carbocycles. The van der Waals surface area contributed by atoms with Gasteiger partial charge in [0, 0.05) is 44.7 Å². The molecule has 2 saturated heterocycles. The van der Waals surface area contributed by atoms with Crippen LogP contribution in [0.15, 0.2) is 42.5 Å². The maximum absolute atomic E-state index is 13.5. The topological polar surface area (TPSA) is 129 Å². The van der Waals surface area contributed by atoms with Gasteiger partial charge in [-0.2, -0.15) is 5.10 Å². The predicted molar refractivity (Wildman–Crippen MR) is 144 cm³/mol. The fourth-order valence-electron chi connectivity index (χ4n) is 5.19. The lowest BCUT2D eigenvalue weighted by atomic mass is 10.0. The number of rotatable bonds is 7. The first-order valence-electron chi connectivity index (χ1n) is 12.8. The van der Waals surface area contributed by atoms with Crippen LogP contribution in [0.4, 0.5) is 21.1 Å². The zero-order valence-electron chi connectivity index (χ0n) is 22.2. The molecule has 2 atom stereocenters. The van der Waals surface area contributed by atoms with Crippen molar-refractivity contribution in [1.82, 2.24) is 19.6 Å². The lowest BCUT2D eigenvalue weighted by molar-refractivity contribution is -0.129. The van der Waals surface area contributed by atoms with Crippen molar-refractivity contribution < 1.29 is 29.0 Å². The van der Waals surface area contributed by atoms with Crippen LogP contribution in [0.1, 0.15) is 18.4 Å². The Labute approximate surface area is 225 Å². The highest BCUT2D eigenvalue weighted by Crippen LogP contribution is 2.31. The molecule has 2 N–H and O–H groups in total. The van der Waals surface area contributed by atoms with Crippen molar-refractivity contribution in [1.29, 1.82) is 0 Å². The van der Waals surface area contributed by atoms with E-state index in [4.69, 9.17) is 9.47 Å². The first-order valence-corrected chi connectivity index (χ1v) is 12.8. The Hall–Kier alpha value is -4.32. The number of anilines is 2. The number of nitrogens with zero attached hydrogens (tertiary/aromatic N) is 5. The molecule has 4 amide bonds. The van der Waals surface area contributed by atoms with E-state index in [1.54, 1.807) is 35.9 Å². The predicted octanol–water partition coefficient (Wildman–Crippen LogP) is 3.12. The Morgan fingerprint density at radius 1 is 1.13 bits per heavy atom. The maximum atomic E-state index is 13.5. The van der Waals surface area contributed by atoms with Crippen molar-refractivity contribution in [2.24, 2.45) is 7.05 Å². The molecule has 5 rings (SSSR count). The van der Waals surface area contributed by atoms with Crippen molar-refractivity contribution in [2.75, 3.05) is 44.1 Å². The second-order valence-electron chi connectivity index (χ2n) is 9.73. The normalized spacial score (nSPS) is 20.0. The molecule has 0 saturated carbocycles. The van der Waals surface area contributed by atoms with E-state index in [1.807, 2.05) is 37.4 Å². The Morgan fingerprint density at radius 2 is 1.90 bits per heavy atom. The number of ether oxygens (including phenoxy) is 2.